The lowest BCUT2D eigenvalue weighted by molar-refractivity contribution is -0.298. The van der Waals surface area contributed by atoms with E-state index in [1.807, 2.05) is 0 Å². The first-order valence-electron chi connectivity index (χ1n) is 14.0. The third-order valence-electron chi connectivity index (χ3n) is 8.34. The highest BCUT2D eigenvalue weighted by Crippen LogP contribution is 2.52. The molecule has 0 aromatic heterocycles. The van der Waals surface area contributed by atoms with Crippen LogP contribution in [0.4, 0.5) is 4.39 Å². The van der Waals surface area contributed by atoms with Crippen LogP contribution >= 0.6 is 0 Å². The Morgan fingerprint density at radius 2 is 1.58 bits per heavy atom. The third kappa shape index (κ3) is 5.22. The van der Waals surface area contributed by atoms with Gasteiger partial charge in [0.25, 0.3) is 0 Å². The van der Waals surface area contributed by atoms with E-state index < -0.39 is 107 Å². The average Bonchev–Trinajstić information content (AvgIpc) is 2.96. The average molecular weight is 631 g/mol. The fourth-order valence-corrected chi connectivity index (χ4v) is 6.22. The Kier molecular flexibility index (Phi) is 8.19. The molecule has 5 rings (SSSR count). The number of aliphatic hydroxyl groups is 1. The van der Waals surface area contributed by atoms with Gasteiger partial charge >= 0.3 is 11.9 Å². The largest absolute Gasteiger partial charge is 0.507 e. The zero-order chi connectivity index (χ0) is 33.1. The number of ether oxygens (including phenoxy) is 5. The normalized spacial score (nSPS) is 28.8. The second kappa shape index (κ2) is 11.5. The Morgan fingerprint density at radius 3 is 2.18 bits per heavy atom. The number of Topliss-reactive ketones (excluding diaryl/α,β-unsaturated/α-hetero) is 1. The van der Waals surface area contributed by atoms with Crippen LogP contribution in [0.15, 0.2) is 18.2 Å². The molecule has 1 saturated heterocycles. The van der Waals surface area contributed by atoms with E-state index >= 15 is 4.39 Å². The van der Waals surface area contributed by atoms with Gasteiger partial charge in [0, 0.05) is 43.4 Å². The van der Waals surface area contributed by atoms with Gasteiger partial charge in [-0.15, -0.1) is 0 Å². The molecule has 45 heavy (non-hydrogen) atoms. The second-order valence-corrected chi connectivity index (χ2v) is 11.3. The minimum Gasteiger partial charge on any atom is -0.507 e. The van der Waals surface area contributed by atoms with E-state index in [1.54, 1.807) is 0 Å². The molecule has 1 fully saturated rings. The Balaban J connectivity index is 1.64. The number of benzene rings is 2. The van der Waals surface area contributed by atoms with Gasteiger partial charge in [-0.1, -0.05) is 12.1 Å². The first kappa shape index (κ1) is 32.0. The van der Waals surface area contributed by atoms with Crippen molar-refractivity contribution in [3.05, 3.63) is 51.6 Å². The number of aromatic hydroxyl groups is 2. The predicted molar refractivity (Wildman–Crippen MR) is 148 cm³/mol. The number of methoxy groups -OCH3 is 1. The highest BCUT2D eigenvalue weighted by molar-refractivity contribution is 6.31. The molecule has 1 heterocycles. The number of fused-ring (bicyclic) bond motifs is 3. The van der Waals surface area contributed by atoms with E-state index in [9.17, 15) is 39.3 Å². The summed E-state index contributed by atoms with van der Waals surface area (Å²) < 4.78 is 43.1. The second-order valence-electron chi connectivity index (χ2n) is 11.3. The molecule has 240 valence electrons. The lowest BCUT2D eigenvalue weighted by Crippen LogP contribution is -2.59. The molecule has 0 amide bonds. The number of phenolic OH excluding ortho intramolecular Hbond substituents is 2. The van der Waals surface area contributed by atoms with Gasteiger partial charge in [-0.25, -0.2) is 4.39 Å². The summed E-state index contributed by atoms with van der Waals surface area (Å²) in [6, 6.07) is 4.25. The number of rotatable bonds is 6. The number of hydrogen-bond acceptors (Lipinski definition) is 13. The number of hydrogen-bond donors (Lipinski definition) is 3. The Bertz CT molecular complexity index is 1630. The number of alkyl halides is 1. The van der Waals surface area contributed by atoms with Crippen molar-refractivity contribution < 1.29 is 67.4 Å². The van der Waals surface area contributed by atoms with E-state index in [-0.39, 0.29) is 28.0 Å². The quantitative estimate of drug-likeness (QED) is 0.265. The summed E-state index contributed by atoms with van der Waals surface area (Å²) in [4.78, 5) is 63.5. The van der Waals surface area contributed by atoms with Crippen molar-refractivity contribution in [1.82, 2.24) is 0 Å². The smallest absolute Gasteiger partial charge is 0.303 e. The fraction of sp³-hybridized carbons (Fsp3) is 0.452. The molecule has 0 bridgehead atoms. The molecule has 14 heteroatoms. The van der Waals surface area contributed by atoms with E-state index in [4.69, 9.17) is 23.7 Å². The summed E-state index contributed by atoms with van der Waals surface area (Å²) in [5, 5.41) is 34.4. The Morgan fingerprint density at radius 1 is 0.956 bits per heavy atom. The lowest BCUT2D eigenvalue weighted by Gasteiger charge is -2.44. The van der Waals surface area contributed by atoms with Gasteiger partial charge in [-0.05, 0) is 19.9 Å². The summed E-state index contributed by atoms with van der Waals surface area (Å²) in [5.74, 6) is -5.67. The first-order valence-corrected chi connectivity index (χ1v) is 14.0. The van der Waals surface area contributed by atoms with Gasteiger partial charge in [0.1, 0.15) is 22.8 Å². The molecule has 0 spiro atoms. The van der Waals surface area contributed by atoms with Crippen LogP contribution in [0.5, 0.6) is 17.2 Å². The standard InChI is InChI=1S/C31H31FO13/c1-11-28(43-13(3)34)29(44-14(4)35)23(32)30(42-11)45-18-10-31(40,12(2)33)9-16-20(18)27(39)22-21(25(16)37)24(36)15-7-6-8-17(41-5)19(15)26(22)38/h6-8,11,18,23,28-30,37,39-40H,9-10H2,1-5H3/t11-,18-,23-,28+,29-,30-,31-/m0/s1. The lowest BCUT2D eigenvalue weighted by atomic mass is 9.72. The highest BCUT2D eigenvalue weighted by Gasteiger charge is 2.53. The van der Waals surface area contributed by atoms with Crippen molar-refractivity contribution in [1.29, 1.82) is 0 Å². The van der Waals surface area contributed by atoms with Crippen molar-refractivity contribution in [2.75, 3.05) is 7.11 Å². The molecular formula is C31H31FO13. The Labute approximate surface area is 255 Å². The maximum absolute atomic E-state index is 16.0. The van der Waals surface area contributed by atoms with Crippen LogP contribution in [0.3, 0.4) is 0 Å². The fourth-order valence-electron chi connectivity index (χ4n) is 6.22. The zero-order valence-corrected chi connectivity index (χ0v) is 24.9. The van der Waals surface area contributed by atoms with Crippen molar-refractivity contribution in [2.24, 2.45) is 0 Å². The molecule has 2 aromatic carbocycles. The molecule has 3 aliphatic rings. The molecule has 0 saturated carbocycles. The summed E-state index contributed by atoms with van der Waals surface area (Å²) in [5.41, 5.74) is -4.16. The summed E-state index contributed by atoms with van der Waals surface area (Å²) in [6.45, 7) is 4.58. The van der Waals surface area contributed by atoms with Crippen LogP contribution in [0.2, 0.25) is 0 Å². The summed E-state index contributed by atoms with van der Waals surface area (Å²) in [7, 11) is 1.28. The monoisotopic (exact) mass is 630 g/mol. The van der Waals surface area contributed by atoms with Crippen LogP contribution in [-0.4, -0.2) is 88.1 Å². The number of carbonyl (C=O) groups is 5. The molecule has 13 nitrogen and oxygen atoms in total. The van der Waals surface area contributed by atoms with Gasteiger partial charge in [-0.2, -0.15) is 0 Å². The first-order chi connectivity index (χ1) is 21.1. The molecule has 0 unspecified atom stereocenters. The SMILES string of the molecule is COc1cccc2c1C(=O)c1c(O)c3c(c(O)c1C2=O)C[C@@](O)(C(C)=O)C[C@@H]3O[C@@H]1O[C@@H](C)[C@@H](OC(C)=O)[C@@H](OC(C)=O)[C@@H]1F. The van der Waals surface area contributed by atoms with E-state index in [2.05, 4.69) is 0 Å². The minimum absolute atomic E-state index is 0.0376. The topological polar surface area (TPSA) is 192 Å². The molecule has 2 aliphatic carbocycles. The van der Waals surface area contributed by atoms with Crippen LogP contribution < -0.4 is 4.74 Å². The van der Waals surface area contributed by atoms with Crippen LogP contribution in [0.25, 0.3) is 0 Å². The summed E-state index contributed by atoms with van der Waals surface area (Å²) in [6.07, 6.45) is -11.1. The Hall–Kier alpha value is -4.40. The molecular weight excluding hydrogens is 599 g/mol. The van der Waals surface area contributed by atoms with Crippen molar-refractivity contribution in [2.45, 2.75) is 83.0 Å². The maximum Gasteiger partial charge on any atom is 0.303 e. The highest BCUT2D eigenvalue weighted by atomic mass is 19.1. The van der Waals surface area contributed by atoms with Crippen molar-refractivity contribution in [3.8, 4) is 17.2 Å². The molecule has 2 aromatic rings. The predicted octanol–water partition coefficient (Wildman–Crippen LogP) is 2.15. The summed E-state index contributed by atoms with van der Waals surface area (Å²) >= 11 is 0. The van der Waals surface area contributed by atoms with Gasteiger partial charge in [0.2, 0.25) is 5.78 Å². The van der Waals surface area contributed by atoms with E-state index in [0.717, 1.165) is 20.8 Å². The number of carbonyl (C=O) groups excluding carboxylic acids is 5. The van der Waals surface area contributed by atoms with Gasteiger partial charge < -0.3 is 39.0 Å². The van der Waals surface area contributed by atoms with Crippen LogP contribution in [0, 0.1) is 0 Å². The van der Waals surface area contributed by atoms with E-state index in [1.165, 1.54) is 32.2 Å². The third-order valence-corrected chi connectivity index (χ3v) is 8.34. The number of halogens is 1. The molecule has 1 aliphatic heterocycles. The molecule has 3 N–H and O–H groups in total. The van der Waals surface area contributed by atoms with Gasteiger partial charge in [0.05, 0.1) is 36.0 Å². The zero-order valence-electron chi connectivity index (χ0n) is 24.9. The van der Waals surface area contributed by atoms with Gasteiger partial charge in [-0.3, -0.25) is 24.0 Å². The van der Waals surface area contributed by atoms with Crippen LogP contribution in [0.1, 0.15) is 83.2 Å². The number of phenols is 2. The number of esters is 2. The minimum atomic E-state index is -2.29. The van der Waals surface area contributed by atoms with Crippen molar-refractivity contribution in [3.63, 3.8) is 0 Å². The van der Waals surface area contributed by atoms with Gasteiger partial charge in [0.15, 0.2) is 36.2 Å². The number of ketones is 3. The maximum atomic E-state index is 16.0. The van der Waals surface area contributed by atoms with Crippen LogP contribution in [-0.2, 0) is 39.8 Å². The van der Waals surface area contributed by atoms with Crippen molar-refractivity contribution >= 4 is 29.3 Å². The molecule has 7 atom stereocenters. The molecule has 0 radical (unpaired) electrons. The van der Waals surface area contributed by atoms with E-state index in [0.29, 0.717) is 0 Å².